The number of cyclic esters (lactones) is 1. The Morgan fingerprint density at radius 3 is 2.72 bits per heavy atom. The molecule has 1 atom stereocenters. The van der Waals surface area contributed by atoms with Crippen molar-refractivity contribution < 1.29 is 33.6 Å². The molecule has 1 aromatic carbocycles. The first kappa shape index (κ1) is 19.5. The van der Waals surface area contributed by atoms with E-state index in [1.807, 2.05) is 19.9 Å². The van der Waals surface area contributed by atoms with Gasteiger partial charge in [-0.2, -0.15) is 0 Å². The molecule has 0 aromatic heterocycles. The Kier molecular flexibility index (Phi) is 5.93. The number of esters is 1. The van der Waals surface area contributed by atoms with E-state index >= 15 is 0 Å². The van der Waals surface area contributed by atoms with Gasteiger partial charge in [0.2, 0.25) is 7.37 Å². The molecule has 1 aliphatic heterocycles. The normalized spacial score (nSPS) is 16.4. The van der Waals surface area contributed by atoms with Gasteiger partial charge in [-0.3, -0.25) is 4.57 Å². The fraction of sp³-hybridized carbons (Fsp3) is 0.471. The topological polar surface area (TPSA) is 102 Å². The van der Waals surface area contributed by atoms with Crippen molar-refractivity contribution in [3.63, 3.8) is 0 Å². The molecule has 0 saturated heterocycles. The number of methoxy groups -OCH3 is 1. The number of rotatable bonds is 7. The number of hydrogen-bond acceptors (Lipinski definition) is 6. The number of hydrogen-bond donors (Lipinski definition) is 2. The summed E-state index contributed by atoms with van der Waals surface area (Å²) in [5, 5.41) is 10.5. The highest BCUT2D eigenvalue weighted by Gasteiger charge is 2.31. The van der Waals surface area contributed by atoms with Crippen molar-refractivity contribution in [3.8, 4) is 11.5 Å². The minimum absolute atomic E-state index is 0.127. The van der Waals surface area contributed by atoms with E-state index in [0.717, 1.165) is 11.1 Å². The Bertz CT molecular complexity index is 761. The van der Waals surface area contributed by atoms with Gasteiger partial charge in [-0.15, -0.1) is 0 Å². The first-order chi connectivity index (χ1) is 11.7. The quantitative estimate of drug-likeness (QED) is 0.432. The first-order valence-electron chi connectivity index (χ1n) is 7.76. The monoisotopic (exact) mass is 370 g/mol. The van der Waals surface area contributed by atoms with Crippen LogP contribution in [0.1, 0.15) is 34.0 Å². The maximum Gasteiger partial charge on any atom is 0.342 e. The predicted octanol–water partition coefficient (Wildman–Crippen LogP) is 2.74. The van der Waals surface area contributed by atoms with Gasteiger partial charge in [0.1, 0.15) is 30.0 Å². The van der Waals surface area contributed by atoms with Crippen molar-refractivity contribution in [3.05, 3.63) is 33.9 Å². The van der Waals surface area contributed by atoms with Crippen LogP contribution in [-0.2, 0) is 27.1 Å². The van der Waals surface area contributed by atoms with Crippen LogP contribution in [0.25, 0.3) is 0 Å². The molecule has 0 amide bonds. The Morgan fingerprint density at radius 2 is 2.12 bits per heavy atom. The number of ether oxygens (including phenoxy) is 3. The van der Waals surface area contributed by atoms with Crippen molar-refractivity contribution in [2.45, 2.75) is 26.9 Å². The molecule has 1 heterocycles. The smallest absolute Gasteiger partial charge is 0.342 e. The van der Waals surface area contributed by atoms with Crippen molar-refractivity contribution in [1.29, 1.82) is 0 Å². The van der Waals surface area contributed by atoms with Crippen LogP contribution in [0.5, 0.6) is 11.5 Å². The molecule has 0 bridgehead atoms. The zero-order valence-corrected chi connectivity index (χ0v) is 15.7. The molecule has 2 rings (SSSR count). The van der Waals surface area contributed by atoms with Crippen LogP contribution in [0.15, 0.2) is 11.6 Å². The van der Waals surface area contributed by atoms with Crippen molar-refractivity contribution in [2.24, 2.45) is 0 Å². The molecule has 25 heavy (non-hydrogen) atoms. The summed E-state index contributed by atoms with van der Waals surface area (Å²) in [7, 11) is -1.69. The Hall–Kier alpha value is -1.82. The van der Waals surface area contributed by atoms with Crippen LogP contribution in [0.2, 0.25) is 0 Å². The highest BCUT2D eigenvalue weighted by atomic mass is 31.2. The molecule has 138 valence electrons. The number of phenolic OH excluding ortho intramolecular Hbond substituents is 1. The zero-order chi connectivity index (χ0) is 18.8. The lowest BCUT2D eigenvalue weighted by Gasteiger charge is -2.15. The third kappa shape index (κ3) is 4.42. The molecule has 0 aliphatic carbocycles. The van der Waals surface area contributed by atoms with Crippen LogP contribution in [0.4, 0.5) is 0 Å². The molecule has 7 nitrogen and oxygen atoms in total. The van der Waals surface area contributed by atoms with E-state index < -0.39 is 13.3 Å². The molecular formula is C17H23O7P. The van der Waals surface area contributed by atoms with Gasteiger partial charge in [0.25, 0.3) is 0 Å². The van der Waals surface area contributed by atoms with Gasteiger partial charge in [0, 0.05) is 17.8 Å². The minimum atomic E-state index is -3.20. The number of fused-ring (bicyclic) bond motifs is 1. The molecule has 1 aliphatic rings. The summed E-state index contributed by atoms with van der Waals surface area (Å²) in [6.45, 7) is 5.21. The minimum Gasteiger partial charge on any atom is -0.507 e. The van der Waals surface area contributed by atoms with E-state index in [-0.39, 0.29) is 30.9 Å². The third-order valence-electron chi connectivity index (χ3n) is 3.96. The second-order valence-electron chi connectivity index (χ2n) is 6.20. The number of carbonyl (C=O) groups is 1. The molecule has 0 spiro atoms. The predicted molar refractivity (Wildman–Crippen MR) is 92.5 cm³/mol. The van der Waals surface area contributed by atoms with Gasteiger partial charge in [0.15, 0.2) is 0 Å². The molecule has 0 radical (unpaired) electrons. The van der Waals surface area contributed by atoms with Gasteiger partial charge in [-0.1, -0.05) is 11.6 Å². The first-order valence-corrected chi connectivity index (χ1v) is 10.1. The maximum atomic E-state index is 11.9. The van der Waals surface area contributed by atoms with E-state index in [1.54, 1.807) is 0 Å². The van der Waals surface area contributed by atoms with Crippen molar-refractivity contribution in [1.82, 2.24) is 0 Å². The van der Waals surface area contributed by atoms with Crippen LogP contribution in [0, 0.1) is 6.92 Å². The summed E-state index contributed by atoms with van der Waals surface area (Å²) < 4.78 is 26.8. The molecule has 0 saturated carbocycles. The van der Waals surface area contributed by atoms with Crippen LogP contribution < -0.4 is 4.74 Å². The lowest BCUT2D eigenvalue weighted by Crippen LogP contribution is -2.03. The average Bonchev–Trinajstić information content (AvgIpc) is 2.90. The molecule has 1 aromatic rings. The zero-order valence-electron chi connectivity index (χ0n) is 14.8. The molecule has 1 unspecified atom stereocenters. The number of benzene rings is 1. The Labute approximate surface area is 146 Å². The summed E-state index contributed by atoms with van der Waals surface area (Å²) in [5.74, 6) is -0.142. The van der Waals surface area contributed by atoms with Crippen LogP contribution in [-0.4, -0.2) is 42.7 Å². The maximum absolute atomic E-state index is 11.9. The lowest BCUT2D eigenvalue weighted by atomic mass is 9.95. The van der Waals surface area contributed by atoms with Gasteiger partial charge < -0.3 is 24.2 Å². The SMILES string of the molecule is COc1c(C)c2c(c(O)c1C/C=C(\C)COCP(C)(=O)O)C(=O)OC2. The largest absolute Gasteiger partial charge is 0.507 e. The summed E-state index contributed by atoms with van der Waals surface area (Å²) >= 11 is 0. The fourth-order valence-electron chi connectivity index (χ4n) is 2.74. The highest BCUT2D eigenvalue weighted by Crippen LogP contribution is 2.42. The highest BCUT2D eigenvalue weighted by molar-refractivity contribution is 7.56. The van der Waals surface area contributed by atoms with Gasteiger partial charge in [-0.05, 0) is 25.8 Å². The number of aromatic hydroxyl groups is 1. The molecule has 2 N–H and O–H groups in total. The standard InChI is InChI=1S/C17H23O7P/c1-10(7-23-9-25(4,20)21)5-6-12-15(18)14-13(8-24-17(14)19)11(2)16(12)22-3/h5,18H,6-9H2,1-4H3,(H,20,21)/b10-5+. The lowest BCUT2D eigenvalue weighted by molar-refractivity contribution is 0.0533. The van der Waals surface area contributed by atoms with E-state index in [1.165, 1.54) is 13.8 Å². The van der Waals surface area contributed by atoms with Gasteiger partial charge >= 0.3 is 5.97 Å². The fourth-order valence-corrected chi connectivity index (χ4v) is 3.17. The third-order valence-corrected chi connectivity index (χ3v) is 4.62. The molecule has 0 fully saturated rings. The van der Waals surface area contributed by atoms with E-state index in [4.69, 9.17) is 14.2 Å². The van der Waals surface area contributed by atoms with Crippen molar-refractivity contribution in [2.75, 3.05) is 26.7 Å². The Balaban J connectivity index is 2.23. The summed E-state index contributed by atoms with van der Waals surface area (Å²) in [6.07, 6.45) is 1.94. The van der Waals surface area contributed by atoms with E-state index in [2.05, 4.69) is 0 Å². The van der Waals surface area contributed by atoms with Gasteiger partial charge in [0.05, 0.1) is 13.7 Å². The number of allylic oxidation sites excluding steroid dienone is 1. The number of phenols is 1. The van der Waals surface area contributed by atoms with E-state index in [0.29, 0.717) is 23.3 Å². The van der Waals surface area contributed by atoms with Crippen LogP contribution in [0.3, 0.4) is 0 Å². The second-order valence-corrected chi connectivity index (χ2v) is 8.56. The Morgan fingerprint density at radius 1 is 1.44 bits per heavy atom. The summed E-state index contributed by atoms with van der Waals surface area (Å²) in [6, 6.07) is 0. The molecular weight excluding hydrogens is 347 g/mol. The van der Waals surface area contributed by atoms with Crippen molar-refractivity contribution >= 4 is 13.3 Å². The summed E-state index contributed by atoms with van der Waals surface area (Å²) in [5.41, 5.74) is 2.94. The summed E-state index contributed by atoms with van der Waals surface area (Å²) in [4.78, 5) is 21.1. The second kappa shape index (κ2) is 7.60. The molecule has 8 heteroatoms. The van der Waals surface area contributed by atoms with E-state index in [9.17, 15) is 19.4 Å². The number of carbonyl (C=O) groups excluding carboxylic acids is 1. The van der Waals surface area contributed by atoms with Gasteiger partial charge in [-0.25, -0.2) is 4.79 Å². The average molecular weight is 370 g/mol. The van der Waals surface area contributed by atoms with Crippen LogP contribution >= 0.6 is 7.37 Å².